The van der Waals surface area contributed by atoms with Crippen LogP contribution in [0.1, 0.15) is 36.1 Å². The molecule has 0 saturated carbocycles. The van der Waals surface area contributed by atoms with Crippen molar-refractivity contribution in [2.45, 2.75) is 32.3 Å². The van der Waals surface area contributed by atoms with Gasteiger partial charge in [0.2, 0.25) is 5.95 Å². The number of nitrogen functional groups attached to an aromatic ring is 1. The zero-order valence-corrected chi connectivity index (χ0v) is 12.9. The average Bonchev–Trinajstić information content (AvgIpc) is 2.94. The number of hydrogen-bond acceptors (Lipinski definition) is 7. The van der Waals surface area contributed by atoms with Gasteiger partial charge >= 0.3 is 0 Å². The van der Waals surface area contributed by atoms with Gasteiger partial charge in [0.25, 0.3) is 0 Å². The number of methoxy groups -OCH3 is 1. The summed E-state index contributed by atoms with van der Waals surface area (Å²) in [5.41, 5.74) is 6.55. The van der Waals surface area contributed by atoms with E-state index < -0.39 is 0 Å². The maximum atomic E-state index is 5.60. The van der Waals surface area contributed by atoms with Crippen LogP contribution in [0.4, 0.5) is 11.8 Å². The summed E-state index contributed by atoms with van der Waals surface area (Å²) >= 11 is 0. The van der Waals surface area contributed by atoms with Gasteiger partial charge in [-0.25, -0.2) is 9.97 Å². The largest absolute Gasteiger partial charge is 0.377 e. The number of rotatable bonds is 4. The fourth-order valence-corrected chi connectivity index (χ4v) is 2.85. The summed E-state index contributed by atoms with van der Waals surface area (Å²) < 4.78 is 5.14. The van der Waals surface area contributed by atoms with Gasteiger partial charge in [0.05, 0.1) is 0 Å². The molecule has 3 N–H and O–H groups in total. The third-order valence-electron chi connectivity index (χ3n) is 3.81. The van der Waals surface area contributed by atoms with E-state index in [2.05, 4.69) is 30.0 Å². The number of ether oxygens (including phenoxy) is 1. The van der Waals surface area contributed by atoms with Gasteiger partial charge in [-0.05, 0) is 19.8 Å². The molecule has 0 amide bonds. The summed E-state index contributed by atoms with van der Waals surface area (Å²) in [6.45, 7) is 4.22. The number of aryl methyl sites for hydroxylation is 1. The monoisotopic (exact) mass is 303 g/mol. The molecule has 0 aromatic carbocycles. The zero-order valence-electron chi connectivity index (χ0n) is 12.9. The van der Waals surface area contributed by atoms with E-state index in [1.165, 1.54) is 0 Å². The van der Waals surface area contributed by atoms with E-state index in [-0.39, 0.29) is 0 Å². The maximum absolute atomic E-state index is 5.60. The van der Waals surface area contributed by atoms with Gasteiger partial charge in [-0.2, -0.15) is 4.98 Å². The Morgan fingerprint density at radius 3 is 3.00 bits per heavy atom. The van der Waals surface area contributed by atoms with Crippen LogP contribution in [0.2, 0.25) is 0 Å². The first-order valence-corrected chi connectivity index (χ1v) is 7.42. The molecule has 1 fully saturated rings. The van der Waals surface area contributed by atoms with E-state index in [1.807, 2.05) is 13.0 Å². The minimum atomic E-state index is 0.291. The van der Waals surface area contributed by atoms with Crippen molar-refractivity contribution in [3.05, 3.63) is 23.4 Å². The Balaban J connectivity index is 1.79. The minimum Gasteiger partial charge on any atom is -0.377 e. The number of nitrogens with zero attached hydrogens (tertiary/aromatic N) is 5. The summed E-state index contributed by atoms with van der Waals surface area (Å²) in [4.78, 5) is 15.5. The molecule has 1 unspecified atom stereocenters. The van der Waals surface area contributed by atoms with Crippen molar-refractivity contribution in [1.82, 2.24) is 25.1 Å². The molecule has 2 aromatic heterocycles. The quantitative estimate of drug-likeness (QED) is 0.868. The van der Waals surface area contributed by atoms with E-state index >= 15 is 0 Å². The van der Waals surface area contributed by atoms with Gasteiger partial charge in [-0.1, -0.05) is 0 Å². The normalized spacial score (nSPS) is 18.6. The van der Waals surface area contributed by atoms with Crippen LogP contribution in [0.25, 0.3) is 0 Å². The first-order chi connectivity index (χ1) is 10.7. The Bertz CT molecular complexity index is 642. The van der Waals surface area contributed by atoms with Gasteiger partial charge < -0.3 is 15.4 Å². The third-order valence-corrected chi connectivity index (χ3v) is 3.81. The van der Waals surface area contributed by atoms with Crippen LogP contribution in [-0.2, 0) is 11.3 Å². The first kappa shape index (κ1) is 14.7. The molecule has 3 heterocycles. The molecule has 1 saturated heterocycles. The number of nitrogens with two attached hydrogens (primary N) is 1. The molecule has 3 rings (SSSR count). The predicted octanol–water partition coefficient (Wildman–Crippen LogP) is 1.02. The second kappa shape index (κ2) is 6.27. The lowest BCUT2D eigenvalue weighted by Gasteiger charge is -2.32. The van der Waals surface area contributed by atoms with Gasteiger partial charge in [0, 0.05) is 37.9 Å². The second-order valence-electron chi connectivity index (χ2n) is 5.58. The van der Waals surface area contributed by atoms with Crippen molar-refractivity contribution in [2.24, 2.45) is 0 Å². The number of H-pyrrole nitrogens is 1. The molecule has 8 heteroatoms. The first-order valence-electron chi connectivity index (χ1n) is 7.42. The van der Waals surface area contributed by atoms with Crippen LogP contribution < -0.4 is 10.6 Å². The Morgan fingerprint density at radius 1 is 1.41 bits per heavy atom. The Kier molecular flexibility index (Phi) is 4.19. The number of nitrogens with one attached hydrogen (secondary N) is 1. The standard InChI is InChI=1S/C14H21N7O/c1-9-6-12(17-11(16-9)8-22-2)21-5-3-4-10(7-21)13-18-14(15)20-19-13/h6,10H,3-5,7-8H2,1-2H3,(H3,15,18,19,20). The van der Waals surface area contributed by atoms with Crippen LogP contribution in [0.5, 0.6) is 0 Å². The molecule has 0 aliphatic carbocycles. The fraction of sp³-hybridized carbons (Fsp3) is 0.571. The second-order valence-corrected chi connectivity index (χ2v) is 5.58. The molecule has 1 atom stereocenters. The van der Waals surface area contributed by atoms with Gasteiger partial charge in [0.1, 0.15) is 18.2 Å². The summed E-state index contributed by atoms with van der Waals surface area (Å²) in [5, 5.41) is 6.85. The number of hydrogen-bond donors (Lipinski definition) is 2. The van der Waals surface area contributed by atoms with Crippen LogP contribution in [0.15, 0.2) is 6.07 Å². The smallest absolute Gasteiger partial charge is 0.239 e. The van der Waals surface area contributed by atoms with E-state index in [1.54, 1.807) is 7.11 Å². The zero-order chi connectivity index (χ0) is 15.5. The van der Waals surface area contributed by atoms with Gasteiger partial charge in [-0.3, -0.25) is 5.10 Å². The molecule has 1 aliphatic heterocycles. The maximum Gasteiger partial charge on any atom is 0.239 e. The number of anilines is 2. The Labute approximate surface area is 129 Å². The highest BCUT2D eigenvalue weighted by Gasteiger charge is 2.25. The van der Waals surface area contributed by atoms with Crippen molar-refractivity contribution in [3.63, 3.8) is 0 Å². The van der Waals surface area contributed by atoms with Crippen molar-refractivity contribution >= 4 is 11.8 Å². The molecule has 1 aliphatic rings. The molecule has 0 spiro atoms. The van der Waals surface area contributed by atoms with E-state index in [0.29, 0.717) is 24.3 Å². The van der Waals surface area contributed by atoms with Gasteiger partial charge in [0.15, 0.2) is 5.82 Å². The molecule has 2 aromatic rings. The number of aromatic amines is 1. The summed E-state index contributed by atoms with van der Waals surface area (Å²) in [7, 11) is 1.65. The van der Waals surface area contributed by atoms with E-state index in [9.17, 15) is 0 Å². The Hall–Kier alpha value is -2.22. The van der Waals surface area contributed by atoms with Crippen molar-refractivity contribution in [3.8, 4) is 0 Å². The number of aromatic nitrogens is 5. The molecule has 0 radical (unpaired) electrons. The SMILES string of the molecule is COCc1nc(C)cc(N2CCCC(c3nc(N)n[nH]3)C2)n1. The predicted molar refractivity (Wildman–Crippen MR) is 82.5 cm³/mol. The van der Waals surface area contributed by atoms with Crippen LogP contribution in [-0.4, -0.2) is 45.3 Å². The number of piperidine rings is 1. The molecule has 118 valence electrons. The average molecular weight is 303 g/mol. The van der Waals surface area contributed by atoms with Gasteiger partial charge in [-0.15, -0.1) is 5.10 Å². The lowest BCUT2D eigenvalue weighted by atomic mass is 9.97. The fourth-order valence-electron chi connectivity index (χ4n) is 2.85. The third kappa shape index (κ3) is 3.16. The van der Waals surface area contributed by atoms with E-state index in [4.69, 9.17) is 10.5 Å². The molecule has 22 heavy (non-hydrogen) atoms. The lowest BCUT2D eigenvalue weighted by Crippen LogP contribution is -2.35. The highest BCUT2D eigenvalue weighted by atomic mass is 16.5. The minimum absolute atomic E-state index is 0.291. The van der Waals surface area contributed by atoms with Crippen LogP contribution in [0, 0.1) is 6.92 Å². The highest BCUT2D eigenvalue weighted by Crippen LogP contribution is 2.27. The lowest BCUT2D eigenvalue weighted by molar-refractivity contribution is 0.177. The molecule has 8 nitrogen and oxygen atoms in total. The summed E-state index contributed by atoms with van der Waals surface area (Å²) in [6.07, 6.45) is 2.15. The van der Waals surface area contributed by atoms with Crippen LogP contribution >= 0.6 is 0 Å². The summed E-state index contributed by atoms with van der Waals surface area (Å²) in [5.74, 6) is 3.09. The van der Waals surface area contributed by atoms with Crippen molar-refractivity contribution in [2.75, 3.05) is 30.8 Å². The highest BCUT2D eigenvalue weighted by molar-refractivity contribution is 5.41. The molecular formula is C14H21N7O. The topological polar surface area (TPSA) is 106 Å². The van der Waals surface area contributed by atoms with Crippen molar-refractivity contribution < 1.29 is 4.74 Å². The Morgan fingerprint density at radius 2 is 2.27 bits per heavy atom. The summed E-state index contributed by atoms with van der Waals surface area (Å²) in [6, 6.07) is 2.01. The van der Waals surface area contributed by atoms with E-state index in [0.717, 1.165) is 43.3 Å². The van der Waals surface area contributed by atoms with Crippen LogP contribution in [0.3, 0.4) is 0 Å². The molecule has 0 bridgehead atoms. The van der Waals surface area contributed by atoms with Crippen molar-refractivity contribution in [1.29, 1.82) is 0 Å². The molecular weight excluding hydrogens is 282 g/mol.